The SMILES string of the molecule is Cc1nc(C)c(C(C)Nc2cc(=O)[nH]cn2)s1. The van der Waals surface area contributed by atoms with E-state index in [1.54, 1.807) is 11.3 Å². The molecule has 0 aliphatic heterocycles. The molecule has 0 radical (unpaired) electrons. The molecule has 2 rings (SSSR count). The molecular formula is C11H14N4OS. The molecule has 0 fully saturated rings. The van der Waals surface area contributed by atoms with Crippen LogP contribution >= 0.6 is 11.3 Å². The topological polar surface area (TPSA) is 70.7 Å². The Morgan fingerprint density at radius 3 is 2.82 bits per heavy atom. The van der Waals surface area contributed by atoms with E-state index in [4.69, 9.17) is 0 Å². The number of anilines is 1. The summed E-state index contributed by atoms with van der Waals surface area (Å²) in [5, 5.41) is 4.24. The molecule has 0 saturated heterocycles. The lowest BCUT2D eigenvalue weighted by atomic mass is 10.2. The average Bonchev–Trinajstić information content (AvgIpc) is 2.58. The van der Waals surface area contributed by atoms with Crippen molar-refractivity contribution in [1.29, 1.82) is 0 Å². The number of hydrogen-bond acceptors (Lipinski definition) is 5. The lowest BCUT2D eigenvalue weighted by Crippen LogP contribution is -2.12. The van der Waals surface area contributed by atoms with Gasteiger partial charge >= 0.3 is 0 Å². The highest BCUT2D eigenvalue weighted by Gasteiger charge is 2.13. The zero-order chi connectivity index (χ0) is 12.4. The fourth-order valence-corrected chi connectivity index (χ4v) is 2.61. The molecule has 0 saturated carbocycles. The van der Waals surface area contributed by atoms with Crippen LogP contribution in [-0.4, -0.2) is 15.0 Å². The van der Waals surface area contributed by atoms with E-state index >= 15 is 0 Å². The lowest BCUT2D eigenvalue weighted by molar-refractivity contribution is 0.875. The third-order valence-corrected chi connectivity index (χ3v) is 3.63. The van der Waals surface area contributed by atoms with Crippen LogP contribution in [0.15, 0.2) is 17.2 Å². The normalized spacial score (nSPS) is 12.4. The number of thiazole rings is 1. The van der Waals surface area contributed by atoms with Crippen LogP contribution in [0.5, 0.6) is 0 Å². The maximum absolute atomic E-state index is 11.1. The largest absolute Gasteiger partial charge is 0.362 e. The predicted octanol–water partition coefficient (Wildman–Crippen LogP) is 2.02. The van der Waals surface area contributed by atoms with Gasteiger partial charge in [-0.25, -0.2) is 9.97 Å². The van der Waals surface area contributed by atoms with Crippen molar-refractivity contribution in [3.8, 4) is 0 Å². The van der Waals surface area contributed by atoms with E-state index in [9.17, 15) is 4.79 Å². The minimum Gasteiger partial charge on any atom is -0.362 e. The Labute approximate surface area is 103 Å². The van der Waals surface area contributed by atoms with Crippen molar-refractivity contribution in [1.82, 2.24) is 15.0 Å². The van der Waals surface area contributed by atoms with E-state index in [-0.39, 0.29) is 11.6 Å². The molecule has 2 aromatic heterocycles. The number of nitrogens with zero attached hydrogens (tertiary/aromatic N) is 2. The van der Waals surface area contributed by atoms with Crippen LogP contribution in [-0.2, 0) is 0 Å². The molecule has 2 aromatic rings. The number of aromatic nitrogens is 3. The zero-order valence-corrected chi connectivity index (χ0v) is 10.8. The standard InChI is InChI=1S/C11H14N4OS/c1-6-11(17-8(3)14-6)7(2)15-9-4-10(16)13-5-12-9/h4-5,7H,1-3H3,(H2,12,13,15,16). The van der Waals surface area contributed by atoms with Gasteiger partial charge in [0, 0.05) is 10.9 Å². The summed E-state index contributed by atoms with van der Waals surface area (Å²) in [7, 11) is 0. The summed E-state index contributed by atoms with van der Waals surface area (Å²) in [4.78, 5) is 23.2. The quantitative estimate of drug-likeness (QED) is 0.874. The van der Waals surface area contributed by atoms with Crippen LogP contribution in [0.1, 0.15) is 28.5 Å². The van der Waals surface area contributed by atoms with Crippen LogP contribution in [0.4, 0.5) is 5.82 Å². The van der Waals surface area contributed by atoms with Crippen molar-refractivity contribution >= 4 is 17.2 Å². The first kappa shape index (κ1) is 11.8. The molecule has 1 atom stereocenters. The molecule has 6 heteroatoms. The Morgan fingerprint density at radius 1 is 1.47 bits per heavy atom. The highest BCUT2D eigenvalue weighted by molar-refractivity contribution is 7.11. The third-order valence-electron chi connectivity index (χ3n) is 2.38. The summed E-state index contributed by atoms with van der Waals surface area (Å²) in [6.45, 7) is 6.00. The van der Waals surface area contributed by atoms with Crippen molar-refractivity contribution in [3.05, 3.63) is 38.3 Å². The first-order valence-corrected chi connectivity index (χ1v) is 6.13. The van der Waals surface area contributed by atoms with Crippen molar-refractivity contribution in [2.75, 3.05) is 5.32 Å². The lowest BCUT2D eigenvalue weighted by Gasteiger charge is -2.12. The number of nitrogens with one attached hydrogen (secondary N) is 2. The second-order valence-electron chi connectivity index (χ2n) is 3.84. The Bertz CT molecular complexity index is 575. The summed E-state index contributed by atoms with van der Waals surface area (Å²) < 4.78 is 0. The smallest absolute Gasteiger partial charge is 0.252 e. The van der Waals surface area contributed by atoms with Crippen LogP contribution in [0, 0.1) is 13.8 Å². The monoisotopic (exact) mass is 250 g/mol. The molecule has 2 heterocycles. The maximum Gasteiger partial charge on any atom is 0.252 e. The summed E-state index contributed by atoms with van der Waals surface area (Å²) in [6.07, 6.45) is 1.39. The maximum atomic E-state index is 11.1. The Balaban J connectivity index is 2.19. The van der Waals surface area contributed by atoms with Crippen LogP contribution in [0.3, 0.4) is 0 Å². The highest BCUT2D eigenvalue weighted by atomic mass is 32.1. The van der Waals surface area contributed by atoms with E-state index in [2.05, 4.69) is 20.3 Å². The summed E-state index contributed by atoms with van der Waals surface area (Å²) in [5.74, 6) is 0.576. The van der Waals surface area contributed by atoms with Gasteiger partial charge in [0.1, 0.15) is 5.82 Å². The number of hydrogen-bond donors (Lipinski definition) is 2. The fraction of sp³-hybridized carbons (Fsp3) is 0.364. The second kappa shape index (κ2) is 4.67. The van der Waals surface area contributed by atoms with E-state index in [1.807, 2.05) is 20.8 Å². The molecule has 0 aromatic carbocycles. The number of H-pyrrole nitrogens is 1. The third kappa shape index (κ3) is 2.71. The van der Waals surface area contributed by atoms with Crippen molar-refractivity contribution in [2.45, 2.75) is 26.8 Å². The molecule has 17 heavy (non-hydrogen) atoms. The van der Waals surface area contributed by atoms with Gasteiger partial charge in [0.2, 0.25) is 0 Å². The van der Waals surface area contributed by atoms with E-state index < -0.39 is 0 Å². The molecule has 0 bridgehead atoms. The Hall–Kier alpha value is -1.69. The number of rotatable bonds is 3. The van der Waals surface area contributed by atoms with Gasteiger partial charge in [-0.05, 0) is 20.8 Å². The van der Waals surface area contributed by atoms with Crippen molar-refractivity contribution < 1.29 is 0 Å². The molecule has 0 aliphatic carbocycles. The van der Waals surface area contributed by atoms with Crippen LogP contribution in [0.2, 0.25) is 0 Å². The number of aromatic amines is 1. The van der Waals surface area contributed by atoms with Gasteiger partial charge in [-0.3, -0.25) is 4.79 Å². The van der Waals surface area contributed by atoms with Gasteiger partial charge in [-0.1, -0.05) is 0 Å². The van der Waals surface area contributed by atoms with Crippen LogP contribution in [0.25, 0.3) is 0 Å². The molecule has 0 amide bonds. The first-order chi connectivity index (χ1) is 8.06. The van der Waals surface area contributed by atoms with E-state index in [0.717, 1.165) is 10.7 Å². The minimum absolute atomic E-state index is 0.0931. The van der Waals surface area contributed by atoms with Gasteiger partial charge in [0.05, 0.1) is 23.1 Å². The molecular weight excluding hydrogens is 236 g/mol. The van der Waals surface area contributed by atoms with Gasteiger partial charge in [0.25, 0.3) is 5.56 Å². The fourth-order valence-electron chi connectivity index (χ4n) is 1.68. The predicted molar refractivity (Wildman–Crippen MR) is 68.5 cm³/mol. The summed E-state index contributed by atoms with van der Waals surface area (Å²) in [6, 6.07) is 1.54. The molecule has 2 N–H and O–H groups in total. The Kier molecular flexibility index (Phi) is 3.23. The minimum atomic E-state index is -0.160. The van der Waals surface area contributed by atoms with Crippen molar-refractivity contribution in [2.24, 2.45) is 0 Å². The van der Waals surface area contributed by atoms with Crippen molar-refractivity contribution in [3.63, 3.8) is 0 Å². The average molecular weight is 250 g/mol. The Morgan fingerprint density at radius 2 is 2.24 bits per heavy atom. The van der Waals surface area contributed by atoms with Gasteiger partial charge in [-0.15, -0.1) is 11.3 Å². The molecule has 90 valence electrons. The van der Waals surface area contributed by atoms with E-state index in [1.165, 1.54) is 17.3 Å². The zero-order valence-electron chi connectivity index (χ0n) is 9.94. The molecule has 0 spiro atoms. The van der Waals surface area contributed by atoms with Crippen LogP contribution < -0.4 is 10.9 Å². The molecule has 0 aliphatic rings. The summed E-state index contributed by atoms with van der Waals surface area (Å²) in [5.41, 5.74) is 0.865. The first-order valence-electron chi connectivity index (χ1n) is 5.31. The highest BCUT2D eigenvalue weighted by Crippen LogP contribution is 2.26. The molecule has 1 unspecified atom stereocenters. The van der Waals surface area contributed by atoms with Gasteiger partial charge in [0.15, 0.2) is 0 Å². The second-order valence-corrected chi connectivity index (χ2v) is 5.08. The summed E-state index contributed by atoms with van der Waals surface area (Å²) >= 11 is 1.66. The van der Waals surface area contributed by atoms with Gasteiger partial charge in [-0.2, -0.15) is 0 Å². The molecule has 5 nitrogen and oxygen atoms in total. The van der Waals surface area contributed by atoms with Gasteiger partial charge < -0.3 is 10.3 Å². The van der Waals surface area contributed by atoms with E-state index in [0.29, 0.717) is 5.82 Å². The number of aryl methyl sites for hydroxylation is 2.